The topological polar surface area (TPSA) is 87.4 Å². The van der Waals surface area contributed by atoms with Gasteiger partial charge in [0.15, 0.2) is 5.96 Å². The summed E-state index contributed by atoms with van der Waals surface area (Å²) in [5, 5.41) is 11.3. The van der Waals surface area contributed by atoms with Crippen LogP contribution in [0.1, 0.15) is 30.9 Å². The second kappa shape index (κ2) is 8.13. The number of halogens is 1. The normalized spacial score (nSPS) is 20.0. The summed E-state index contributed by atoms with van der Waals surface area (Å²) < 4.78 is 1.97. The molecule has 1 aromatic rings. The molecule has 2 heterocycles. The second-order valence-electron chi connectivity index (χ2n) is 6.51. The highest BCUT2D eigenvalue weighted by Crippen LogP contribution is 2.19. The number of guanidine groups is 1. The van der Waals surface area contributed by atoms with Gasteiger partial charge in [-0.1, -0.05) is 0 Å². The van der Waals surface area contributed by atoms with E-state index in [0.29, 0.717) is 6.04 Å². The molecule has 1 unspecified atom stereocenters. The lowest BCUT2D eigenvalue weighted by molar-refractivity contribution is -0.127. The first kappa shape index (κ1) is 18.9. The molecule has 0 aromatic carbocycles. The molecule has 1 fully saturated rings. The number of aromatic nitrogens is 3. The van der Waals surface area contributed by atoms with Gasteiger partial charge in [-0.2, -0.15) is 5.10 Å². The maximum absolute atomic E-state index is 11.7. The Kier molecular flexibility index (Phi) is 6.41. The molecule has 2 N–H and O–H groups in total. The summed E-state index contributed by atoms with van der Waals surface area (Å²) in [4.78, 5) is 22.2. The van der Waals surface area contributed by atoms with E-state index in [9.17, 15) is 4.79 Å². The van der Waals surface area contributed by atoms with E-state index in [2.05, 4.69) is 25.7 Å². The summed E-state index contributed by atoms with van der Waals surface area (Å²) in [6.07, 6.45) is 4.23. The molecular weight excluding hydrogens is 421 g/mol. The monoisotopic (exact) mass is 447 g/mol. The molecule has 9 heteroatoms. The van der Waals surface area contributed by atoms with Gasteiger partial charge in [0.05, 0.1) is 6.54 Å². The largest absolute Gasteiger partial charge is 0.354 e. The zero-order valence-corrected chi connectivity index (χ0v) is 16.8. The number of hydrogen-bond donors (Lipinski definition) is 2. The van der Waals surface area contributed by atoms with Gasteiger partial charge in [-0.3, -0.25) is 4.79 Å². The third kappa shape index (κ3) is 5.05. The first-order valence-corrected chi connectivity index (χ1v) is 8.19. The molecular formula is C15H26IN7O. The van der Waals surface area contributed by atoms with Gasteiger partial charge in [-0.15, -0.1) is 24.0 Å². The lowest BCUT2D eigenvalue weighted by Crippen LogP contribution is -2.48. The van der Waals surface area contributed by atoms with Gasteiger partial charge in [0.1, 0.15) is 18.2 Å². The number of likely N-dealkylation sites (N-methyl/N-ethyl adjacent to an activating group) is 1. The third-order valence-electron chi connectivity index (χ3n) is 4.09. The minimum Gasteiger partial charge on any atom is -0.354 e. The molecule has 1 aliphatic heterocycles. The number of aliphatic imine (C=N–C) groups is 1. The molecule has 2 aliphatic rings. The molecule has 1 aliphatic carbocycles. The van der Waals surface area contributed by atoms with Crippen LogP contribution >= 0.6 is 24.0 Å². The molecule has 1 atom stereocenters. The van der Waals surface area contributed by atoms with Crippen LogP contribution in [0.4, 0.5) is 0 Å². The van der Waals surface area contributed by atoms with Crippen molar-refractivity contribution in [1.29, 1.82) is 0 Å². The van der Waals surface area contributed by atoms with E-state index in [-0.39, 0.29) is 42.5 Å². The fourth-order valence-corrected chi connectivity index (χ4v) is 2.59. The van der Waals surface area contributed by atoms with Gasteiger partial charge in [0, 0.05) is 32.6 Å². The van der Waals surface area contributed by atoms with Crippen molar-refractivity contribution in [3.8, 4) is 0 Å². The van der Waals surface area contributed by atoms with E-state index in [0.717, 1.165) is 37.0 Å². The molecule has 1 aromatic heterocycles. The Morgan fingerprint density at radius 2 is 2.00 bits per heavy atom. The maximum atomic E-state index is 11.7. The van der Waals surface area contributed by atoms with Crippen molar-refractivity contribution < 1.29 is 4.79 Å². The molecule has 0 spiro atoms. The van der Waals surface area contributed by atoms with E-state index >= 15 is 0 Å². The second-order valence-corrected chi connectivity index (χ2v) is 6.51. The molecule has 134 valence electrons. The first-order valence-electron chi connectivity index (χ1n) is 8.19. The molecule has 3 rings (SSSR count). The van der Waals surface area contributed by atoms with Gasteiger partial charge >= 0.3 is 0 Å². The number of nitrogens with zero attached hydrogens (tertiary/aromatic N) is 5. The number of carbonyl (C=O) groups is 1. The minimum atomic E-state index is -0.000251. The summed E-state index contributed by atoms with van der Waals surface area (Å²) in [6, 6.07) is 0.742. The Balaban J connectivity index is 0.00000208. The lowest BCUT2D eigenvalue weighted by atomic mass is 10.1. The van der Waals surface area contributed by atoms with E-state index in [1.807, 2.05) is 11.6 Å². The van der Waals surface area contributed by atoms with Gasteiger partial charge in [0.2, 0.25) is 5.91 Å². The van der Waals surface area contributed by atoms with Crippen molar-refractivity contribution in [2.24, 2.45) is 4.99 Å². The number of rotatable bonds is 4. The SMILES string of the molecule is Cc1nc2n(n1)CC(NC(=NCC(=O)N(C)C)NC1CC1)CC2.I. The Hall–Kier alpha value is -1.39. The quantitative estimate of drug-likeness (QED) is 0.394. The maximum Gasteiger partial charge on any atom is 0.243 e. The van der Waals surface area contributed by atoms with E-state index in [1.54, 1.807) is 19.0 Å². The molecule has 8 nitrogen and oxygen atoms in total. The minimum absolute atomic E-state index is 0. The van der Waals surface area contributed by atoms with Crippen molar-refractivity contribution in [1.82, 2.24) is 30.3 Å². The van der Waals surface area contributed by atoms with Crippen LogP contribution in [0.15, 0.2) is 4.99 Å². The van der Waals surface area contributed by atoms with Crippen LogP contribution in [-0.4, -0.2) is 64.3 Å². The van der Waals surface area contributed by atoms with Gasteiger partial charge < -0.3 is 15.5 Å². The molecule has 0 bridgehead atoms. The Morgan fingerprint density at radius 3 is 2.67 bits per heavy atom. The number of hydrogen-bond acceptors (Lipinski definition) is 4. The van der Waals surface area contributed by atoms with Crippen LogP contribution in [0, 0.1) is 6.92 Å². The summed E-state index contributed by atoms with van der Waals surface area (Å²) in [5.74, 6) is 2.60. The standard InChI is InChI=1S/C15H25N7O.HI/c1-10-17-13-7-6-12(9-22(13)20-10)19-15(18-11-4-5-11)16-8-14(23)21(2)3;/h11-12H,4-9H2,1-3H3,(H2,16,18,19);1H. The highest BCUT2D eigenvalue weighted by atomic mass is 127. The van der Waals surface area contributed by atoms with E-state index in [4.69, 9.17) is 0 Å². The van der Waals surface area contributed by atoms with Crippen LogP contribution in [-0.2, 0) is 17.8 Å². The Morgan fingerprint density at radius 1 is 1.29 bits per heavy atom. The van der Waals surface area contributed by atoms with Crippen LogP contribution in [0.5, 0.6) is 0 Å². The van der Waals surface area contributed by atoms with Crippen LogP contribution < -0.4 is 10.6 Å². The molecule has 0 radical (unpaired) electrons. The van der Waals surface area contributed by atoms with Crippen LogP contribution in [0.25, 0.3) is 0 Å². The Bertz CT molecular complexity index is 609. The van der Waals surface area contributed by atoms with Gasteiger partial charge in [-0.05, 0) is 26.2 Å². The summed E-state index contributed by atoms with van der Waals surface area (Å²) >= 11 is 0. The molecule has 0 saturated heterocycles. The predicted molar refractivity (Wildman–Crippen MR) is 103 cm³/mol. The van der Waals surface area contributed by atoms with E-state index in [1.165, 1.54) is 12.8 Å². The molecule has 24 heavy (non-hydrogen) atoms. The number of amides is 1. The van der Waals surface area contributed by atoms with E-state index < -0.39 is 0 Å². The first-order chi connectivity index (χ1) is 11.0. The highest BCUT2D eigenvalue weighted by Gasteiger charge is 2.26. The fraction of sp³-hybridized carbons (Fsp3) is 0.733. The van der Waals surface area contributed by atoms with Crippen molar-refractivity contribution in [2.45, 2.75) is 51.2 Å². The number of fused-ring (bicyclic) bond motifs is 1. The summed E-state index contributed by atoms with van der Waals surface area (Å²) in [6.45, 7) is 2.86. The Labute approximate surface area is 159 Å². The van der Waals surface area contributed by atoms with Crippen molar-refractivity contribution in [2.75, 3.05) is 20.6 Å². The fourth-order valence-electron chi connectivity index (χ4n) is 2.59. The van der Waals surface area contributed by atoms with Crippen molar-refractivity contribution in [3.63, 3.8) is 0 Å². The lowest BCUT2D eigenvalue weighted by Gasteiger charge is -2.25. The summed E-state index contributed by atoms with van der Waals surface area (Å²) in [5.41, 5.74) is 0. The van der Waals surface area contributed by atoms with Crippen molar-refractivity contribution >= 4 is 35.8 Å². The number of aryl methyl sites for hydroxylation is 2. The summed E-state index contributed by atoms with van der Waals surface area (Å²) in [7, 11) is 3.49. The zero-order valence-electron chi connectivity index (χ0n) is 14.4. The average molecular weight is 447 g/mol. The average Bonchev–Trinajstić information content (AvgIpc) is 3.23. The van der Waals surface area contributed by atoms with Gasteiger partial charge in [-0.25, -0.2) is 14.7 Å². The highest BCUT2D eigenvalue weighted by molar-refractivity contribution is 14.0. The number of carbonyl (C=O) groups excluding carboxylic acids is 1. The zero-order chi connectivity index (χ0) is 16.4. The number of nitrogens with one attached hydrogen (secondary N) is 2. The molecule has 1 saturated carbocycles. The smallest absolute Gasteiger partial charge is 0.243 e. The van der Waals surface area contributed by atoms with Gasteiger partial charge in [0.25, 0.3) is 0 Å². The predicted octanol–water partition coefficient (Wildman–Crippen LogP) is 0.305. The van der Waals surface area contributed by atoms with Crippen LogP contribution in [0.2, 0.25) is 0 Å². The third-order valence-corrected chi connectivity index (χ3v) is 4.09. The molecule has 1 amide bonds. The van der Waals surface area contributed by atoms with Crippen molar-refractivity contribution in [3.05, 3.63) is 11.6 Å². The van der Waals surface area contributed by atoms with Crippen LogP contribution in [0.3, 0.4) is 0 Å².